The standard InChI is InChI=1S/C12H11NO5/c1-16-11(14)9-5-3-8(4-6-9)10(7-13)18-12(15)17-2/h3-6,10H,1-2H3. The molecule has 1 aromatic rings. The molecule has 6 nitrogen and oxygen atoms in total. The van der Waals surface area contributed by atoms with Gasteiger partial charge in [-0.25, -0.2) is 9.59 Å². The van der Waals surface area contributed by atoms with Crippen molar-refractivity contribution in [2.24, 2.45) is 0 Å². The van der Waals surface area contributed by atoms with Gasteiger partial charge in [0.2, 0.25) is 6.10 Å². The van der Waals surface area contributed by atoms with E-state index in [2.05, 4.69) is 9.47 Å². The third-order valence-corrected chi connectivity index (χ3v) is 2.13. The predicted octanol–water partition coefficient (Wildman–Crippen LogP) is 1.82. The fourth-order valence-electron chi connectivity index (χ4n) is 1.23. The first-order chi connectivity index (χ1) is 8.62. The van der Waals surface area contributed by atoms with Crippen LogP contribution in [0.5, 0.6) is 0 Å². The predicted molar refractivity (Wildman–Crippen MR) is 59.6 cm³/mol. The molecular weight excluding hydrogens is 238 g/mol. The highest BCUT2D eigenvalue weighted by molar-refractivity contribution is 5.89. The molecule has 1 unspecified atom stereocenters. The van der Waals surface area contributed by atoms with Gasteiger partial charge < -0.3 is 14.2 Å². The van der Waals surface area contributed by atoms with Gasteiger partial charge in [0.15, 0.2) is 0 Å². The molecular formula is C12H11NO5. The first-order valence-electron chi connectivity index (χ1n) is 4.95. The minimum Gasteiger partial charge on any atom is -0.465 e. The van der Waals surface area contributed by atoms with Crippen LogP contribution in [0.25, 0.3) is 0 Å². The lowest BCUT2D eigenvalue weighted by Crippen LogP contribution is -2.10. The third-order valence-electron chi connectivity index (χ3n) is 2.13. The molecule has 1 rings (SSSR count). The normalized spacial score (nSPS) is 10.9. The summed E-state index contributed by atoms with van der Waals surface area (Å²) >= 11 is 0. The van der Waals surface area contributed by atoms with E-state index in [-0.39, 0.29) is 0 Å². The second-order valence-corrected chi connectivity index (χ2v) is 3.19. The molecule has 0 aliphatic heterocycles. The van der Waals surface area contributed by atoms with Gasteiger partial charge in [-0.05, 0) is 12.1 Å². The first kappa shape index (κ1) is 13.5. The van der Waals surface area contributed by atoms with Gasteiger partial charge in [0.1, 0.15) is 6.07 Å². The quantitative estimate of drug-likeness (QED) is 0.759. The number of hydrogen-bond donors (Lipinski definition) is 0. The van der Waals surface area contributed by atoms with Crippen LogP contribution in [-0.2, 0) is 14.2 Å². The number of methoxy groups -OCH3 is 2. The van der Waals surface area contributed by atoms with Gasteiger partial charge in [-0.15, -0.1) is 0 Å². The Hall–Kier alpha value is -2.55. The van der Waals surface area contributed by atoms with Crippen LogP contribution in [0.4, 0.5) is 4.79 Å². The Morgan fingerprint density at radius 3 is 2.22 bits per heavy atom. The third kappa shape index (κ3) is 3.22. The van der Waals surface area contributed by atoms with Crippen LogP contribution in [0.15, 0.2) is 24.3 Å². The zero-order valence-corrected chi connectivity index (χ0v) is 9.88. The molecule has 0 N–H and O–H groups in total. The second kappa shape index (κ2) is 6.25. The lowest BCUT2D eigenvalue weighted by atomic mass is 10.1. The zero-order chi connectivity index (χ0) is 13.5. The first-order valence-corrected chi connectivity index (χ1v) is 4.95. The lowest BCUT2D eigenvalue weighted by Gasteiger charge is -2.10. The van der Waals surface area contributed by atoms with Crippen molar-refractivity contribution in [2.45, 2.75) is 6.10 Å². The summed E-state index contributed by atoms with van der Waals surface area (Å²) in [6.45, 7) is 0. The van der Waals surface area contributed by atoms with Gasteiger partial charge >= 0.3 is 12.1 Å². The van der Waals surface area contributed by atoms with Crippen molar-refractivity contribution in [1.82, 2.24) is 0 Å². The number of benzene rings is 1. The Morgan fingerprint density at radius 2 is 1.78 bits per heavy atom. The summed E-state index contributed by atoms with van der Waals surface area (Å²) in [6, 6.07) is 7.77. The summed E-state index contributed by atoms with van der Waals surface area (Å²) in [6.07, 6.45) is -2.03. The van der Waals surface area contributed by atoms with E-state index in [0.29, 0.717) is 11.1 Å². The van der Waals surface area contributed by atoms with Crippen LogP contribution >= 0.6 is 0 Å². The van der Waals surface area contributed by atoms with Crippen LogP contribution in [0, 0.1) is 11.3 Å². The van der Waals surface area contributed by atoms with E-state index in [1.807, 2.05) is 6.07 Å². The molecule has 0 bridgehead atoms. The molecule has 18 heavy (non-hydrogen) atoms. The summed E-state index contributed by atoms with van der Waals surface area (Å²) < 4.78 is 13.6. The highest BCUT2D eigenvalue weighted by Crippen LogP contribution is 2.18. The van der Waals surface area contributed by atoms with E-state index in [1.54, 1.807) is 0 Å². The SMILES string of the molecule is COC(=O)OC(C#N)c1ccc(C(=O)OC)cc1. The average Bonchev–Trinajstić information content (AvgIpc) is 2.43. The number of carbonyl (C=O) groups is 2. The molecule has 0 saturated heterocycles. The topological polar surface area (TPSA) is 85.6 Å². The molecule has 0 radical (unpaired) electrons. The lowest BCUT2D eigenvalue weighted by molar-refractivity contribution is 0.0540. The van der Waals surface area contributed by atoms with Gasteiger partial charge in [0.25, 0.3) is 0 Å². The van der Waals surface area contributed by atoms with Gasteiger partial charge in [0.05, 0.1) is 19.8 Å². The molecule has 0 amide bonds. The highest BCUT2D eigenvalue weighted by atomic mass is 16.7. The van der Waals surface area contributed by atoms with Crippen molar-refractivity contribution < 1.29 is 23.8 Å². The van der Waals surface area contributed by atoms with Crippen LogP contribution < -0.4 is 0 Å². The average molecular weight is 249 g/mol. The maximum atomic E-state index is 11.2. The van der Waals surface area contributed by atoms with E-state index in [9.17, 15) is 9.59 Å². The zero-order valence-electron chi connectivity index (χ0n) is 9.88. The number of ether oxygens (including phenoxy) is 3. The van der Waals surface area contributed by atoms with Crippen LogP contribution in [0.3, 0.4) is 0 Å². The summed E-state index contributed by atoms with van der Waals surface area (Å²) in [4.78, 5) is 22.1. The molecule has 1 atom stereocenters. The minimum atomic E-state index is -1.08. The Labute approximate surface area is 104 Å². The molecule has 1 aromatic carbocycles. The summed E-state index contributed by atoms with van der Waals surface area (Å²) in [5, 5.41) is 8.87. The van der Waals surface area contributed by atoms with Crippen LogP contribution in [0.1, 0.15) is 22.0 Å². The summed E-state index contributed by atoms with van der Waals surface area (Å²) in [5.74, 6) is -0.482. The van der Waals surface area contributed by atoms with Crippen molar-refractivity contribution in [1.29, 1.82) is 5.26 Å². The number of nitrogens with zero attached hydrogens (tertiary/aromatic N) is 1. The van der Waals surface area contributed by atoms with Gasteiger partial charge in [-0.1, -0.05) is 12.1 Å². The number of carbonyl (C=O) groups excluding carboxylic acids is 2. The molecule has 0 saturated carbocycles. The number of rotatable bonds is 3. The van der Waals surface area contributed by atoms with Gasteiger partial charge in [-0.3, -0.25) is 0 Å². The van der Waals surface area contributed by atoms with Crippen molar-refractivity contribution in [3.63, 3.8) is 0 Å². The largest absolute Gasteiger partial charge is 0.509 e. The van der Waals surface area contributed by atoms with E-state index in [4.69, 9.17) is 10.00 Å². The van der Waals surface area contributed by atoms with E-state index >= 15 is 0 Å². The van der Waals surface area contributed by atoms with Crippen LogP contribution in [-0.4, -0.2) is 26.3 Å². The molecule has 0 fully saturated rings. The van der Waals surface area contributed by atoms with Crippen molar-refractivity contribution in [2.75, 3.05) is 14.2 Å². The van der Waals surface area contributed by atoms with Gasteiger partial charge in [0, 0.05) is 5.56 Å². The Balaban J connectivity index is 2.86. The monoisotopic (exact) mass is 249 g/mol. The molecule has 0 aromatic heterocycles. The maximum Gasteiger partial charge on any atom is 0.509 e. The highest BCUT2D eigenvalue weighted by Gasteiger charge is 2.16. The van der Waals surface area contributed by atoms with E-state index in [0.717, 1.165) is 7.11 Å². The van der Waals surface area contributed by atoms with Crippen molar-refractivity contribution >= 4 is 12.1 Å². The Morgan fingerprint density at radius 1 is 1.17 bits per heavy atom. The minimum absolute atomic E-state index is 0.344. The van der Waals surface area contributed by atoms with Crippen LogP contribution in [0.2, 0.25) is 0 Å². The maximum absolute atomic E-state index is 11.2. The summed E-state index contributed by atoms with van der Waals surface area (Å²) in [5.41, 5.74) is 0.784. The van der Waals surface area contributed by atoms with Crippen molar-refractivity contribution in [3.8, 4) is 6.07 Å². The number of esters is 1. The number of hydrogen-bond acceptors (Lipinski definition) is 6. The number of nitriles is 1. The van der Waals surface area contributed by atoms with Crippen molar-refractivity contribution in [3.05, 3.63) is 35.4 Å². The fraction of sp³-hybridized carbons (Fsp3) is 0.250. The molecule has 0 spiro atoms. The second-order valence-electron chi connectivity index (χ2n) is 3.19. The van der Waals surface area contributed by atoms with E-state index < -0.39 is 18.2 Å². The molecule has 6 heteroatoms. The molecule has 0 heterocycles. The van der Waals surface area contributed by atoms with E-state index in [1.165, 1.54) is 31.4 Å². The smallest absolute Gasteiger partial charge is 0.465 e. The molecule has 0 aliphatic rings. The fourth-order valence-corrected chi connectivity index (χ4v) is 1.23. The Bertz CT molecular complexity index is 474. The van der Waals surface area contributed by atoms with Gasteiger partial charge in [-0.2, -0.15) is 5.26 Å². The molecule has 94 valence electrons. The Kier molecular flexibility index (Phi) is 4.69. The summed E-state index contributed by atoms with van der Waals surface area (Å²) in [7, 11) is 2.42. The molecule has 0 aliphatic carbocycles.